The third-order valence-corrected chi connectivity index (χ3v) is 4.33. The predicted octanol–water partition coefficient (Wildman–Crippen LogP) is 3.66. The van der Waals surface area contributed by atoms with Gasteiger partial charge in [0.05, 0.1) is 12.9 Å². The van der Waals surface area contributed by atoms with Gasteiger partial charge in [-0.15, -0.1) is 0 Å². The zero-order valence-electron chi connectivity index (χ0n) is 10.9. The maximum absolute atomic E-state index is 11.9. The average molecular weight is 252 g/mol. The van der Waals surface area contributed by atoms with Crippen molar-refractivity contribution in [2.75, 3.05) is 12.9 Å². The Kier molecular flexibility index (Phi) is 5.56. The second kappa shape index (κ2) is 6.70. The van der Waals surface area contributed by atoms with Crippen molar-refractivity contribution in [2.24, 2.45) is 5.92 Å². The lowest BCUT2D eigenvalue weighted by Gasteiger charge is -2.14. The van der Waals surface area contributed by atoms with Gasteiger partial charge in [-0.25, -0.2) is 0 Å². The number of Topliss-reactive ketones (excluding diaryl/α,β-unsaturated/α-hetero) is 1. The lowest BCUT2D eigenvalue weighted by atomic mass is 10.1. The van der Waals surface area contributed by atoms with Crippen molar-refractivity contribution in [2.45, 2.75) is 26.0 Å². The zero-order valence-corrected chi connectivity index (χ0v) is 11.7. The van der Waals surface area contributed by atoms with E-state index in [2.05, 4.69) is 20.8 Å². The Morgan fingerprint density at radius 3 is 2.29 bits per heavy atom. The highest BCUT2D eigenvalue weighted by molar-refractivity contribution is 8.00. The van der Waals surface area contributed by atoms with Crippen LogP contribution in [0.2, 0.25) is 0 Å². The maximum Gasteiger partial charge on any atom is 0.172 e. The number of carbonyl (C=O) groups is 1. The van der Waals surface area contributed by atoms with Crippen molar-refractivity contribution < 1.29 is 9.53 Å². The average Bonchev–Trinajstić information content (AvgIpc) is 2.35. The van der Waals surface area contributed by atoms with Crippen LogP contribution in [-0.2, 0) is 0 Å². The molecule has 0 saturated heterocycles. The highest BCUT2D eigenvalue weighted by Crippen LogP contribution is 2.20. The quantitative estimate of drug-likeness (QED) is 0.723. The molecule has 0 spiro atoms. The van der Waals surface area contributed by atoms with Crippen molar-refractivity contribution in [1.29, 1.82) is 0 Å². The highest BCUT2D eigenvalue weighted by atomic mass is 32.2. The summed E-state index contributed by atoms with van der Waals surface area (Å²) >= 11 is 1.72. The van der Waals surface area contributed by atoms with Crippen LogP contribution < -0.4 is 4.74 Å². The fourth-order valence-corrected chi connectivity index (χ4v) is 2.23. The summed E-state index contributed by atoms with van der Waals surface area (Å²) in [5, 5.41) is 0.511. The standard InChI is InChI=1S/C14H20O2S/c1-10(2)11(3)17-9-14(15)12-5-7-13(16-4)8-6-12/h5-8,10-11H,9H2,1-4H3. The van der Waals surface area contributed by atoms with E-state index in [9.17, 15) is 4.79 Å². The number of benzene rings is 1. The topological polar surface area (TPSA) is 26.3 Å². The van der Waals surface area contributed by atoms with Crippen LogP contribution in [-0.4, -0.2) is 23.9 Å². The molecule has 0 heterocycles. The molecular formula is C14H20O2S. The van der Waals surface area contributed by atoms with Crippen molar-refractivity contribution in [3.63, 3.8) is 0 Å². The molecule has 3 heteroatoms. The minimum absolute atomic E-state index is 0.185. The summed E-state index contributed by atoms with van der Waals surface area (Å²) in [6, 6.07) is 7.29. The molecule has 2 nitrogen and oxygen atoms in total. The molecule has 0 aliphatic carbocycles. The summed E-state index contributed by atoms with van der Waals surface area (Å²) < 4.78 is 5.06. The third-order valence-electron chi connectivity index (χ3n) is 2.83. The van der Waals surface area contributed by atoms with E-state index in [-0.39, 0.29) is 5.78 Å². The van der Waals surface area contributed by atoms with Gasteiger partial charge in [0.15, 0.2) is 5.78 Å². The van der Waals surface area contributed by atoms with E-state index in [4.69, 9.17) is 4.74 Å². The Balaban J connectivity index is 2.52. The van der Waals surface area contributed by atoms with Crippen LogP contribution in [0.25, 0.3) is 0 Å². The number of hydrogen-bond donors (Lipinski definition) is 0. The first-order chi connectivity index (χ1) is 8.04. The smallest absolute Gasteiger partial charge is 0.172 e. The number of methoxy groups -OCH3 is 1. The molecule has 94 valence electrons. The number of rotatable bonds is 6. The van der Waals surface area contributed by atoms with Crippen LogP contribution >= 0.6 is 11.8 Å². The molecule has 0 aromatic heterocycles. The van der Waals surface area contributed by atoms with Gasteiger partial charge in [-0.3, -0.25) is 4.79 Å². The van der Waals surface area contributed by atoms with Crippen molar-refractivity contribution in [1.82, 2.24) is 0 Å². The number of thioether (sulfide) groups is 1. The van der Waals surface area contributed by atoms with Gasteiger partial charge in [0, 0.05) is 10.8 Å². The zero-order chi connectivity index (χ0) is 12.8. The molecule has 0 N–H and O–H groups in total. The Labute approximate surface area is 108 Å². The van der Waals surface area contributed by atoms with Crippen LogP contribution in [0.4, 0.5) is 0 Å². The summed E-state index contributed by atoms with van der Waals surface area (Å²) in [6.07, 6.45) is 0. The molecule has 0 radical (unpaired) electrons. The molecule has 1 aromatic carbocycles. The number of ketones is 1. The van der Waals surface area contributed by atoms with E-state index in [1.54, 1.807) is 18.9 Å². The van der Waals surface area contributed by atoms with E-state index in [1.807, 2.05) is 24.3 Å². The number of hydrogen-bond acceptors (Lipinski definition) is 3. The van der Waals surface area contributed by atoms with Crippen LogP contribution in [0.15, 0.2) is 24.3 Å². The van der Waals surface area contributed by atoms with Gasteiger partial charge < -0.3 is 4.74 Å². The first-order valence-corrected chi connectivity index (χ1v) is 6.88. The lowest BCUT2D eigenvalue weighted by molar-refractivity contribution is 0.102. The predicted molar refractivity (Wildman–Crippen MR) is 74.1 cm³/mol. The molecule has 0 aliphatic heterocycles. The monoisotopic (exact) mass is 252 g/mol. The van der Waals surface area contributed by atoms with E-state index in [0.29, 0.717) is 16.9 Å². The summed E-state index contributed by atoms with van der Waals surface area (Å²) in [5.74, 6) is 2.12. The Hall–Kier alpha value is -0.960. The van der Waals surface area contributed by atoms with E-state index in [1.165, 1.54) is 0 Å². The largest absolute Gasteiger partial charge is 0.497 e. The normalized spacial score (nSPS) is 12.5. The third kappa shape index (κ3) is 4.43. The van der Waals surface area contributed by atoms with Gasteiger partial charge in [-0.1, -0.05) is 20.8 Å². The molecule has 0 bridgehead atoms. The molecule has 1 atom stereocenters. The summed E-state index contributed by atoms with van der Waals surface area (Å²) in [7, 11) is 1.62. The fraction of sp³-hybridized carbons (Fsp3) is 0.500. The first kappa shape index (κ1) is 14.1. The Bertz CT molecular complexity index is 357. The fourth-order valence-electron chi connectivity index (χ4n) is 1.26. The molecule has 0 fully saturated rings. The molecular weight excluding hydrogens is 232 g/mol. The van der Waals surface area contributed by atoms with Gasteiger partial charge in [-0.2, -0.15) is 11.8 Å². The highest BCUT2D eigenvalue weighted by Gasteiger charge is 2.11. The molecule has 0 amide bonds. The number of ether oxygens (including phenoxy) is 1. The van der Waals surface area contributed by atoms with Crippen molar-refractivity contribution in [3.8, 4) is 5.75 Å². The minimum atomic E-state index is 0.185. The lowest BCUT2D eigenvalue weighted by Crippen LogP contribution is -2.11. The molecule has 1 rings (SSSR count). The molecule has 17 heavy (non-hydrogen) atoms. The molecule has 1 aromatic rings. The first-order valence-electron chi connectivity index (χ1n) is 5.83. The molecule has 0 aliphatic rings. The van der Waals surface area contributed by atoms with Crippen molar-refractivity contribution in [3.05, 3.63) is 29.8 Å². The second-order valence-corrected chi connectivity index (χ2v) is 5.78. The van der Waals surface area contributed by atoms with Gasteiger partial charge in [-0.05, 0) is 30.2 Å². The SMILES string of the molecule is COc1ccc(C(=O)CSC(C)C(C)C)cc1. The summed E-state index contributed by atoms with van der Waals surface area (Å²) in [4.78, 5) is 11.9. The second-order valence-electron chi connectivity index (χ2n) is 4.41. The van der Waals surface area contributed by atoms with Crippen LogP contribution in [0.5, 0.6) is 5.75 Å². The molecule has 0 saturated carbocycles. The van der Waals surface area contributed by atoms with Gasteiger partial charge in [0.1, 0.15) is 5.75 Å². The molecule has 1 unspecified atom stereocenters. The van der Waals surface area contributed by atoms with E-state index in [0.717, 1.165) is 11.3 Å². The minimum Gasteiger partial charge on any atom is -0.497 e. The van der Waals surface area contributed by atoms with Crippen molar-refractivity contribution >= 4 is 17.5 Å². The number of carbonyl (C=O) groups excluding carboxylic acids is 1. The van der Waals surface area contributed by atoms with Crippen LogP contribution in [0, 0.1) is 5.92 Å². The van der Waals surface area contributed by atoms with Crippen LogP contribution in [0.1, 0.15) is 31.1 Å². The van der Waals surface area contributed by atoms with Gasteiger partial charge in [0.25, 0.3) is 0 Å². The Morgan fingerprint density at radius 2 is 1.82 bits per heavy atom. The van der Waals surface area contributed by atoms with E-state index < -0.39 is 0 Å². The summed E-state index contributed by atoms with van der Waals surface area (Å²) in [6.45, 7) is 6.52. The van der Waals surface area contributed by atoms with E-state index >= 15 is 0 Å². The van der Waals surface area contributed by atoms with Crippen LogP contribution in [0.3, 0.4) is 0 Å². The Morgan fingerprint density at radius 1 is 1.24 bits per heavy atom. The summed E-state index contributed by atoms with van der Waals surface area (Å²) in [5.41, 5.74) is 0.759. The maximum atomic E-state index is 11.9. The van der Waals surface area contributed by atoms with Gasteiger partial charge in [0.2, 0.25) is 0 Å². The van der Waals surface area contributed by atoms with Gasteiger partial charge >= 0.3 is 0 Å².